The molecule has 2 aromatic carbocycles. The molecule has 1 atom stereocenters. The number of rotatable bonds is 1. The van der Waals surface area contributed by atoms with Crippen molar-refractivity contribution in [3.8, 4) is 11.5 Å². The zero-order valence-corrected chi connectivity index (χ0v) is 14.7. The van der Waals surface area contributed by atoms with Crippen molar-refractivity contribution in [2.75, 3.05) is 19.6 Å². The molecule has 0 aromatic heterocycles. The van der Waals surface area contributed by atoms with E-state index in [0.717, 1.165) is 0 Å². The number of phenols is 2. The molecule has 2 aromatic rings. The van der Waals surface area contributed by atoms with Crippen LogP contribution in [0.2, 0.25) is 0 Å². The highest BCUT2D eigenvalue weighted by atomic mass is 16.3. The van der Waals surface area contributed by atoms with Crippen LogP contribution in [0.1, 0.15) is 49.1 Å². The van der Waals surface area contributed by atoms with Crippen LogP contribution in [0.4, 0.5) is 0 Å². The van der Waals surface area contributed by atoms with E-state index in [1.807, 2.05) is 6.92 Å². The quantitative estimate of drug-likeness (QED) is 0.561. The molecule has 0 radical (unpaired) electrons. The van der Waals surface area contributed by atoms with E-state index >= 15 is 0 Å². The molecule has 1 fully saturated rings. The molecule has 1 heterocycles. The van der Waals surface area contributed by atoms with Gasteiger partial charge in [0.15, 0.2) is 23.1 Å². The average molecular weight is 366 g/mol. The lowest BCUT2D eigenvalue weighted by molar-refractivity contribution is 0.0704. The fraction of sp³-hybridized carbons (Fsp3) is 0.250. The molecule has 0 bridgehead atoms. The fourth-order valence-corrected chi connectivity index (χ4v) is 3.68. The Balaban J connectivity index is 1.84. The Morgan fingerprint density at radius 2 is 1.74 bits per heavy atom. The summed E-state index contributed by atoms with van der Waals surface area (Å²) in [7, 11) is 0. The van der Waals surface area contributed by atoms with Gasteiger partial charge < -0.3 is 20.4 Å². The van der Waals surface area contributed by atoms with Crippen molar-refractivity contribution in [3.05, 3.63) is 58.1 Å². The lowest BCUT2D eigenvalue weighted by Gasteiger charge is -2.32. The van der Waals surface area contributed by atoms with Crippen LogP contribution in [0.25, 0.3) is 0 Å². The molecular formula is C20H18N2O5. The molecule has 27 heavy (non-hydrogen) atoms. The van der Waals surface area contributed by atoms with Gasteiger partial charge in [0.05, 0.1) is 11.1 Å². The molecule has 1 amide bonds. The van der Waals surface area contributed by atoms with Gasteiger partial charge in [0.25, 0.3) is 5.91 Å². The van der Waals surface area contributed by atoms with Gasteiger partial charge in [-0.25, -0.2) is 0 Å². The highest BCUT2D eigenvalue weighted by molar-refractivity contribution is 6.30. The first-order valence-corrected chi connectivity index (χ1v) is 8.70. The van der Waals surface area contributed by atoms with Gasteiger partial charge in [-0.05, 0) is 13.0 Å². The molecular weight excluding hydrogens is 348 g/mol. The number of nitrogens with one attached hydrogen (secondary N) is 1. The monoisotopic (exact) mass is 366 g/mol. The van der Waals surface area contributed by atoms with Gasteiger partial charge in [0, 0.05) is 42.4 Å². The number of ketones is 2. The number of hydrogen-bond acceptors (Lipinski definition) is 6. The maximum Gasteiger partial charge on any atom is 0.257 e. The second-order valence-corrected chi connectivity index (χ2v) is 6.85. The van der Waals surface area contributed by atoms with E-state index < -0.39 is 29.0 Å². The Morgan fingerprint density at radius 3 is 2.41 bits per heavy atom. The smallest absolute Gasteiger partial charge is 0.257 e. The third kappa shape index (κ3) is 2.59. The van der Waals surface area contributed by atoms with E-state index in [2.05, 4.69) is 5.32 Å². The molecule has 7 heteroatoms. The lowest BCUT2D eigenvalue weighted by atomic mass is 9.82. The molecule has 3 N–H and O–H groups in total. The number of hydrogen-bond donors (Lipinski definition) is 3. The summed E-state index contributed by atoms with van der Waals surface area (Å²) in [4.78, 5) is 40.0. The van der Waals surface area contributed by atoms with Gasteiger partial charge in [-0.1, -0.05) is 24.3 Å². The second kappa shape index (κ2) is 6.21. The summed E-state index contributed by atoms with van der Waals surface area (Å²) in [6.45, 7) is 3.42. The van der Waals surface area contributed by atoms with Gasteiger partial charge in [-0.3, -0.25) is 14.4 Å². The zero-order chi connectivity index (χ0) is 19.3. The third-order valence-corrected chi connectivity index (χ3v) is 5.05. The van der Waals surface area contributed by atoms with Crippen molar-refractivity contribution in [1.29, 1.82) is 0 Å². The van der Waals surface area contributed by atoms with Crippen molar-refractivity contribution in [2.24, 2.45) is 0 Å². The van der Waals surface area contributed by atoms with Crippen LogP contribution in [0, 0.1) is 0 Å². The Hall–Kier alpha value is -3.19. The molecule has 0 spiro atoms. The van der Waals surface area contributed by atoms with E-state index in [1.54, 1.807) is 17.0 Å². The second-order valence-electron chi connectivity index (χ2n) is 6.85. The largest absolute Gasteiger partial charge is 0.504 e. The first-order chi connectivity index (χ1) is 12.9. The fourth-order valence-electron chi connectivity index (χ4n) is 3.68. The predicted molar refractivity (Wildman–Crippen MR) is 96.4 cm³/mol. The minimum absolute atomic E-state index is 0.0690. The van der Waals surface area contributed by atoms with Gasteiger partial charge in [0.1, 0.15) is 0 Å². The first kappa shape index (κ1) is 17.2. The number of fused-ring (bicyclic) bond motifs is 2. The van der Waals surface area contributed by atoms with E-state index in [-0.39, 0.29) is 33.9 Å². The highest BCUT2D eigenvalue weighted by Crippen LogP contribution is 2.41. The van der Waals surface area contributed by atoms with Crippen LogP contribution in [-0.4, -0.2) is 58.3 Å². The minimum Gasteiger partial charge on any atom is -0.504 e. The number of aromatic hydroxyl groups is 2. The van der Waals surface area contributed by atoms with E-state index in [9.17, 15) is 24.6 Å². The SMILES string of the molecule is CC1CN(C(=O)c2cc3c(c(O)c2O)C(=O)c2ccccc2C3=O)CCN1. The maximum absolute atomic E-state index is 12.9. The number of phenolic OH excluding ortho intramolecular Hbond substituents is 2. The molecule has 1 aliphatic heterocycles. The summed E-state index contributed by atoms with van der Waals surface area (Å²) >= 11 is 0. The summed E-state index contributed by atoms with van der Waals surface area (Å²) in [6, 6.07) is 7.60. The average Bonchev–Trinajstić information content (AvgIpc) is 2.67. The van der Waals surface area contributed by atoms with Crippen LogP contribution in [-0.2, 0) is 0 Å². The number of piperazine rings is 1. The molecule has 1 unspecified atom stereocenters. The standard InChI is InChI=1S/C20H18N2O5/c1-10-9-22(7-6-21-10)20(27)14-8-13-15(19(26)18(14)25)17(24)12-5-3-2-4-11(12)16(13)23/h2-5,8,10,21,25-26H,6-7,9H2,1H3. The van der Waals surface area contributed by atoms with Crippen molar-refractivity contribution >= 4 is 17.5 Å². The molecule has 1 saturated heterocycles. The highest BCUT2D eigenvalue weighted by Gasteiger charge is 2.36. The van der Waals surface area contributed by atoms with Gasteiger partial charge in [0.2, 0.25) is 0 Å². The van der Waals surface area contributed by atoms with Crippen LogP contribution in [0.3, 0.4) is 0 Å². The molecule has 2 aliphatic rings. The van der Waals surface area contributed by atoms with Crippen molar-refractivity contribution in [2.45, 2.75) is 13.0 Å². The minimum atomic E-state index is -0.730. The summed E-state index contributed by atoms with van der Waals surface area (Å²) < 4.78 is 0. The van der Waals surface area contributed by atoms with Crippen molar-refractivity contribution in [3.63, 3.8) is 0 Å². The summed E-state index contributed by atoms with van der Waals surface area (Å²) in [6.07, 6.45) is 0. The molecule has 138 valence electrons. The van der Waals surface area contributed by atoms with E-state index in [1.165, 1.54) is 18.2 Å². The Morgan fingerprint density at radius 1 is 1.07 bits per heavy atom. The Bertz CT molecular complexity index is 998. The number of benzene rings is 2. The first-order valence-electron chi connectivity index (χ1n) is 8.70. The molecule has 7 nitrogen and oxygen atoms in total. The Labute approximate surface area is 155 Å². The Kier molecular flexibility index (Phi) is 3.96. The topological polar surface area (TPSA) is 107 Å². The number of carbonyl (C=O) groups excluding carboxylic acids is 3. The normalized spacial score (nSPS) is 18.9. The zero-order valence-electron chi connectivity index (χ0n) is 14.7. The predicted octanol–water partition coefficient (Wildman–Crippen LogP) is 1.31. The lowest BCUT2D eigenvalue weighted by Crippen LogP contribution is -2.51. The number of nitrogens with zero attached hydrogens (tertiary/aromatic N) is 1. The maximum atomic E-state index is 12.9. The molecule has 1 aliphatic carbocycles. The number of carbonyl (C=O) groups is 3. The third-order valence-electron chi connectivity index (χ3n) is 5.05. The van der Waals surface area contributed by atoms with Crippen LogP contribution in [0.5, 0.6) is 11.5 Å². The summed E-state index contributed by atoms with van der Waals surface area (Å²) in [5.41, 5.74) is -0.128. The van der Waals surface area contributed by atoms with Gasteiger partial charge in [-0.2, -0.15) is 0 Å². The molecule has 4 rings (SSSR count). The van der Waals surface area contributed by atoms with E-state index in [4.69, 9.17) is 0 Å². The van der Waals surface area contributed by atoms with Crippen molar-refractivity contribution in [1.82, 2.24) is 10.2 Å². The summed E-state index contributed by atoms with van der Waals surface area (Å²) in [5.74, 6) is -2.91. The summed E-state index contributed by atoms with van der Waals surface area (Å²) in [5, 5.41) is 24.0. The van der Waals surface area contributed by atoms with Crippen LogP contribution < -0.4 is 5.32 Å². The van der Waals surface area contributed by atoms with Crippen LogP contribution in [0.15, 0.2) is 30.3 Å². The van der Waals surface area contributed by atoms with Gasteiger partial charge in [-0.15, -0.1) is 0 Å². The van der Waals surface area contributed by atoms with E-state index in [0.29, 0.717) is 19.6 Å². The van der Waals surface area contributed by atoms with Crippen LogP contribution >= 0.6 is 0 Å². The van der Waals surface area contributed by atoms with Gasteiger partial charge >= 0.3 is 0 Å². The number of amides is 1. The molecule has 0 saturated carbocycles. The van der Waals surface area contributed by atoms with Crippen molar-refractivity contribution < 1.29 is 24.6 Å².